The number of aliphatic hydroxyl groups excluding tert-OH is 1. The predicted molar refractivity (Wildman–Crippen MR) is 117 cm³/mol. The van der Waals surface area contributed by atoms with Gasteiger partial charge < -0.3 is 14.7 Å². The molecule has 6 heteroatoms. The van der Waals surface area contributed by atoms with Crippen LogP contribution in [0.15, 0.2) is 42.5 Å². The molecule has 30 heavy (non-hydrogen) atoms. The summed E-state index contributed by atoms with van der Waals surface area (Å²) >= 11 is 0. The Morgan fingerprint density at radius 2 is 1.83 bits per heavy atom. The van der Waals surface area contributed by atoms with E-state index in [-0.39, 0.29) is 12.0 Å². The van der Waals surface area contributed by atoms with Gasteiger partial charge in [-0.3, -0.25) is 14.7 Å². The summed E-state index contributed by atoms with van der Waals surface area (Å²) in [6.45, 7) is 6.03. The van der Waals surface area contributed by atoms with Crippen molar-refractivity contribution in [1.29, 1.82) is 0 Å². The molecule has 0 spiro atoms. The van der Waals surface area contributed by atoms with Gasteiger partial charge in [0, 0.05) is 31.5 Å². The third kappa shape index (κ3) is 4.50. The number of aromatic nitrogens is 1. The van der Waals surface area contributed by atoms with E-state index in [0.717, 1.165) is 42.3 Å². The molecule has 1 aliphatic carbocycles. The fourth-order valence-electron chi connectivity index (χ4n) is 4.80. The topological polar surface area (TPSA) is 65.9 Å². The number of fused-ring (bicyclic) bond motifs is 1. The van der Waals surface area contributed by atoms with Gasteiger partial charge in [-0.15, -0.1) is 0 Å². The minimum absolute atomic E-state index is 0.0922. The average Bonchev–Trinajstić information content (AvgIpc) is 3.11. The van der Waals surface area contributed by atoms with Crippen molar-refractivity contribution >= 4 is 11.6 Å². The molecule has 1 saturated heterocycles. The van der Waals surface area contributed by atoms with Crippen LogP contribution in [0.5, 0.6) is 5.75 Å². The Balaban J connectivity index is 1.35. The standard InChI is InChI=1S/C24H31N3O3/c1-16-9-10-22(17(2)25-16)30-23-12-19-14-27(13-18(19)11-21(23)28)15-24(29)26(3)20-7-5-4-6-8-20/h4-10,18-19,21,23,28H,11-15H2,1-3H3/t18-,19+,21+,23+/m0/s1. The van der Waals surface area contributed by atoms with E-state index >= 15 is 0 Å². The van der Waals surface area contributed by atoms with Crippen LogP contribution in [0, 0.1) is 25.7 Å². The number of carbonyl (C=O) groups excluding carboxylic acids is 1. The third-order valence-electron chi connectivity index (χ3n) is 6.49. The first-order valence-corrected chi connectivity index (χ1v) is 10.7. The van der Waals surface area contributed by atoms with E-state index in [4.69, 9.17) is 4.74 Å². The molecule has 1 N–H and O–H groups in total. The van der Waals surface area contributed by atoms with Crippen molar-refractivity contribution in [2.75, 3.05) is 31.6 Å². The predicted octanol–water partition coefficient (Wildman–Crippen LogP) is 2.81. The molecule has 2 fully saturated rings. The normalized spacial score (nSPS) is 26.3. The number of para-hydroxylation sites is 1. The van der Waals surface area contributed by atoms with Gasteiger partial charge in [-0.05, 0) is 62.8 Å². The lowest BCUT2D eigenvalue weighted by Gasteiger charge is -2.35. The first kappa shape index (κ1) is 20.8. The summed E-state index contributed by atoms with van der Waals surface area (Å²) < 4.78 is 6.17. The summed E-state index contributed by atoms with van der Waals surface area (Å²) in [6, 6.07) is 13.6. The minimum atomic E-state index is -0.491. The van der Waals surface area contributed by atoms with Crippen LogP contribution in [0.1, 0.15) is 24.2 Å². The molecule has 0 radical (unpaired) electrons. The lowest BCUT2D eigenvalue weighted by molar-refractivity contribution is -0.119. The van der Waals surface area contributed by atoms with Gasteiger partial charge in [0.1, 0.15) is 11.9 Å². The second-order valence-electron chi connectivity index (χ2n) is 8.73. The van der Waals surface area contributed by atoms with Crippen molar-refractivity contribution in [3.63, 3.8) is 0 Å². The molecule has 160 valence electrons. The minimum Gasteiger partial charge on any atom is -0.486 e. The third-order valence-corrected chi connectivity index (χ3v) is 6.49. The van der Waals surface area contributed by atoms with Crippen LogP contribution in [0.25, 0.3) is 0 Å². The first-order valence-electron chi connectivity index (χ1n) is 10.7. The highest BCUT2D eigenvalue weighted by molar-refractivity contribution is 5.94. The smallest absolute Gasteiger partial charge is 0.240 e. The van der Waals surface area contributed by atoms with Crippen LogP contribution in [0.3, 0.4) is 0 Å². The average molecular weight is 410 g/mol. The monoisotopic (exact) mass is 409 g/mol. The molecule has 2 aliphatic rings. The number of nitrogens with zero attached hydrogens (tertiary/aromatic N) is 3. The van der Waals surface area contributed by atoms with Gasteiger partial charge in [0.15, 0.2) is 0 Å². The number of hydrogen-bond donors (Lipinski definition) is 1. The Morgan fingerprint density at radius 3 is 2.53 bits per heavy atom. The Morgan fingerprint density at radius 1 is 1.13 bits per heavy atom. The Hall–Kier alpha value is -2.44. The van der Waals surface area contributed by atoms with Crippen molar-refractivity contribution in [3.8, 4) is 5.75 Å². The number of anilines is 1. The van der Waals surface area contributed by atoms with E-state index in [1.807, 2.05) is 63.4 Å². The molecule has 1 amide bonds. The fraction of sp³-hybridized carbons (Fsp3) is 0.500. The SMILES string of the molecule is Cc1ccc(O[C@@H]2C[C@@H]3CN(CC(=O)N(C)c4ccccc4)C[C@@H]3C[C@H]2O)c(C)n1. The molecule has 6 nitrogen and oxygen atoms in total. The number of pyridine rings is 1. The van der Waals surface area contributed by atoms with Gasteiger partial charge >= 0.3 is 0 Å². The van der Waals surface area contributed by atoms with Crippen molar-refractivity contribution < 1.29 is 14.6 Å². The molecule has 1 saturated carbocycles. The van der Waals surface area contributed by atoms with E-state index < -0.39 is 6.10 Å². The molecule has 0 bridgehead atoms. The molecular weight excluding hydrogens is 378 g/mol. The number of aliphatic hydroxyl groups is 1. The molecule has 4 atom stereocenters. The number of ether oxygens (including phenoxy) is 1. The Labute approximate surface area is 178 Å². The maximum atomic E-state index is 12.7. The number of likely N-dealkylation sites (N-methyl/N-ethyl adjacent to an activating group) is 1. The molecule has 1 aromatic heterocycles. The number of rotatable bonds is 5. The van der Waals surface area contributed by atoms with E-state index in [9.17, 15) is 9.90 Å². The van der Waals surface area contributed by atoms with E-state index in [2.05, 4.69) is 9.88 Å². The van der Waals surface area contributed by atoms with Crippen LogP contribution < -0.4 is 9.64 Å². The van der Waals surface area contributed by atoms with Crippen molar-refractivity contribution in [3.05, 3.63) is 53.9 Å². The van der Waals surface area contributed by atoms with Crippen LogP contribution >= 0.6 is 0 Å². The number of carbonyl (C=O) groups is 1. The second-order valence-corrected chi connectivity index (χ2v) is 8.73. The summed E-state index contributed by atoms with van der Waals surface area (Å²) in [5, 5.41) is 10.7. The van der Waals surface area contributed by atoms with Crippen molar-refractivity contribution in [2.24, 2.45) is 11.8 Å². The number of benzene rings is 1. The fourth-order valence-corrected chi connectivity index (χ4v) is 4.80. The largest absolute Gasteiger partial charge is 0.486 e. The molecule has 2 heterocycles. The molecule has 0 unspecified atom stereocenters. The zero-order valence-electron chi connectivity index (χ0n) is 18.0. The summed E-state index contributed by atoms with van der Waals surface area (Å²) in [7, 11) is 1.83. The van der Waals surface area contributed by atoms with Crippen molar-refractivity contribution in [2.45, 2.75) is 38.9 Å². The first-order chi connectivity index (χ1) is 14.4. The van der Waals surface area contributed by atoms with Crippen molar-refractivity contribution in [1.82, 2.24) is 9.88 Å². The quantitative estimate of drug-likeness (QED) is 0.823. The molecule has 1 aromatic carbocycles. The van der Waals surface area contributed by atoms with Crippen LogP contribution in [0.4, 0.5) is 5.69 Å². The summed E-state index contributed by atoms with van der Waals surface area (Å²) in [6.07, 6.45) is 0.803. The maximum Gasteiger partial charge on any atom is 0.240 e. The highest BCUT2D eigenvalue weighted by Gasteiger charge is 2.43. The van der Waals surface area contributed by atoms with E-state index in [0.29, 0.717) is 24.8 Å². The summed E-state index contributed by atoms with van der Waals surface area (Å²) in [5.74, 6) is 1.69. The van der Waals surface area contributed by atoms with Crippen LogP contribution in [0.2, 0.25) is 0 Å². The number of aryl methyl sites for hydroxylation is 2. The van der Waals surface area contributed by atoms with Gasteiger partial charge in [-0.1, -0.05) is 18.2 Å². The number of likely N-dealkylation sites (tertiary alicyclic amines) is 1. The zero-order valence-corrected chi connectivity index (χ0v) is 18.0. The summed E-state index contributed by atoms with van der Waals surface area (Å²) in [5.41, 5.74) is 2.72. The van der Waals surface area contributed by atoms with Crippen LogP contribution in [-0.4, -0.2) is 59.8 Å². The highest BCUT2D eigenvalue weighted by Crippen LogP contribution is 2.38. The Kier molecular flexibility index (Phi) is 6.06. The second kappa shape index (κ2) is 8.74. The number of amides is 1. The Bertz CT molecular complexity index is 889. The van der Waals surface area contributed by atoms with E-state index in [1.165, 1.54) is 0 Å². The lowest BCUT2D eigenvalue weighted by Crippen LogP contribution is -2.42. The van der Waals surface area contributed by atoms with E-state index in [1.54, 1.807) is 4.90 Å². The zero-order chi connectivity index (χ0) is 21.3. The van der Waals surface area contributed by atoms with Gasteiger partial charge in [0.25, 0.3) is 0 Å². The molecular formula is C24H31N3O3. The van der Waals surface area contributed by atoms with Gasteiger partial charge in [-0.2, -0.15) is 0 Å². The maximum absolute atomic E-state index is 12.7. The molecule has 4 rings (SSSR count). The van der Waals surface area contributed by atoms with Gasteiger partial charge in [0.05, 0.1) is 18.3 Å². The van der Waals surface area contributed by atoms with Crippen LogP contribution in [-0.2, 0) is 4.79 Å². The lowest BCUT2D eigenvalue weighted by atomic mass is 9.78. The molecule has 1 aliphatic heterocycles. The number of hydrogen-bond acceptors (Lipinski definition) is 5. The molecule has 2 aromatic rings. The van der Waals surface area contributed by atoms with Gasteiger partial charge in [-0.25, -0.2) is 0 Å². The van der Waals surface area contributed by atoms with Gasteiger partial charge in [0.2, 0.25) is 5.91 Å². The highest BCUT2D eigenvalue weighted by atomic mass is 16.5. The summed E-state index contributed by atoms with van der Waals surface area (Å²) in [4.78, 5) is 21.1.